The Morgan fingerprint density at radius 3 is 2.61 bits per heavy atom. The van der Waals surface area contributed by atoms with Crippen molar-refractivity contribution in [3.63, 3.8) is 0 Å². The molecule has 1 unspecified atom stereocenters. The second-order valence-electron chi connectivity index (χ2n) is 5.37. The lowest BCUT2D eigenvalue weighted by Crippen LogP contribution is -2.49. The first kappa shape index (κ1) is 14.7. The van der Waals surface area contributed by atoms with Gasteiger partial charge in [0, 0.05) is 11.6 Å². The van der Waals surface area contributed by atoms with E-state index < -0.39 is 5.91 Å². The van der Waals surface area contributed by atoms with Crippen LogP contribution in [0, 0.1) is 5.92 Å². The van der Waals surface area contributed by atoms with Gasteiger partial charge in [0.1, 0.15) is 6.26 Å². The summed E-state index contributed by atoms with van der Waals surface area (Å²) < 4.78 is 4.32. The van der Waals surface area contributed by atoms with E-state index in [9.17, 15) is 4.79 Å². The van der Waals surface area contributed by atoms with Crippen molar-refractivity contribution >= 4 is 5.91 Å². The number of carbonyl (C=O) groups is 1. The molecule has 2 heterocycles. The van der Waals surface area contributed by atoms with Gasteiger partial charge in [0.25, 0.3) is 5.91 Å². The lowest BCUT2D eigenvalue weighted by Gasteiger charge is -2.44. The van der Waals surface area contributed by atoms with E-state index in [1.54, 1.807) is 0 Å². The zero-order chi connectivity index (χ0) is 13.8. The number of aromatic nitrogens is 1. The van der Waals surface area contributed by atoms with Crippen molar-refractivity contribution in [2.75, 3.05) is 13.6 Å². The van der Waals surface area contributed by atoms with Crippen LogP contribution in [0.1, 0.15) is 44.1 Å². The van der Waals surface area contributed by atoms with Gasteiger partial charge in [-0.3, -0.25) is 4.79 Å². The maximum atomic E-state index is 10.2. The number of piperidine rings is 1. The molecule has 18 heavy (non-hydrogen) atoms. The third-order valence-corrected chi connectivity index (χ3v) is 4.01. The van der Waals surface area contributed by atoms with E-state index in [-0.39, 0.29) is 5.69 Å². The smallest absolute Gasteiger partial charge is 0.270 e. The Morgan fingerprint density at radius 2 is 2.28 bits per heavy atom. The van der Waals surface area contributed by atoms with Gasteiger partial charge in [-0.1, -0.05) is 12.1 Å². The molecule has 1 atom stereocenters. The minimum absolute atomic E-state index is 0.157. The highest BCUT2D eigenvalue weighted by Gasteiger charge is 2.32. The fraction of sp³-hybridized carbons (Fsp3) is 0.692. The van der Waals surface area contributed by atoms with Crippen LogP contribution in [-0.2, 0) is 0 Å². The highest BCUT2D eigenvalue weighted by atomic mass is 16.5. The zero-order valence-electron chi connectivity index (χ0n) is 11.6. The Kier molecular flexibility index (Phi) is 4.90. The summed E-state index contributed by atoms with van der Waals surface area (Å²) in [6.45, 7) is 8.32. The summed E-state index contributed by atoms with van der Waals surface area (Å²) in [4.78, 5) is 12.6. The lowest BCUT2D eigenvalue weighted by molar-refractivity contribution is 0.0547. The van der Waals surface area contributed by atoms with Crippen molar-refractivity contribution in [3.05, 3.63) is 18.0 Å². The fourth-order valence-corrected chi connectivity index (χ4v) is 1.99. The normalized spacial score (nSPS) is 23.0. The van der Waals surface area contributed by atoms with Crippen molar-refractivity contribution in [2.24, 2.45) is 11.7 Å². The van der Waals surface area contributed by atoms with E-state index in [1.165, 1.54) is 31.7 Å². The summed E-state index contributed by atoms with van der Waals surface area (Å²) in [6, 6.07) is 1.41. The van der Waals surface area contributed by atoms with E-state index in [4.69, 9.17) is 5.73 Å². The Hall–Kier alpha value is -1.36. The van der Waals surface area contributed by atoms with Crippen molar-refractivity contribution in [2.45, 2.75) is 39.2 Å². The van der Waals surface area contributed by atoms with Crippen molar-refractivity contribution in [1.29, 1.82) is 0 Å². The number of hydrogen-bond donors (Lipinski definition) is 1. The molecule has 0 saturated carbocycles. The van der Waals surface area contributed by atoms with Crippen LogP contribution in [0.5, 0.6) is 0 Å². The molecule has 5 heteroatoms. The molecule has 0 radical (unpaired) electrons. The molecule has 2 N–H and O–H groups in total. The third-order valence-electron chi connectivity index (χ3n) is 4.01. The third kappa shape index (κ3) is 3.57. The molecule has 102 valence electrons. The second-order valence-corrected chi connectivity index (χ2v) is 5.37. The number of primary amides is 1. The zero-order valence-corrected chi connectivity index (χ0v) is 11.6. The van der Waals surface area contributed by atoms with Gasteiger partial charge in [-0.15, -0.1) is 0 Å². The summed E-state index contributed by atoms with van der Waals surface area (Å²) in [5.74, 6) is 0.282. The Balaban J connectivity index is 0.000000184. The molecule has 1 aliphatic rings. The SMILES string of the molecule is CC1CCCN(C)C1(C)C.NC(=O)c1ccon1. The van der Waals surface area contributed by atoms with Crippen LogP contribution >= 0.6 is 0 Å². The summed E-state index contributed by atoms with van der Waals surface area (Å²) >= 11 is 0. The van der Waals surface area contributed by atoms with Crippen LogP contribution in [0.3, 0.4) is 0 Å². The van der Waals surface area contributed by atoms with Gasteiger partial charge < -0.3 is 15.2 Å². The van der Waals surface area contributed by atoms with Gasteiger partial charge in [-0.2, -0.15) is 0 Å². The van der Waals surface area contributed by atoms with Crippen molar-refractivity contribution < 1.29 is 9.32 Å². The molecule has 0 bridgehead atoms. The average Bonchev–Trinajstić information content (AvgIpc) is 2.81. The average molecular weight is 253 g/mol. The van der Waals surface area contributed by atoms with Gasteiger partial charge in [-0.25, -0.2) is 0 Å². The standard InChI is InChI=1S/C9H19N.C4H4N2O2/c1-8-6-5-7-10(4)9(8,2)3;5-4(7)3-1-2-8-6-3/h8H,5-7H2,1-4H3;1-2H,(H2,5,7). The number of rotatable bonds is 1. The molecule has 0 spiro atoms. The number of nitrogens with two attached hydrogens (primary N) is 1. The van der Waals surface area contributed by atoms with E-state index in [0.717, 1.165) is 5.92 Å². The molecule has 1 aromatic heterocycles. The summed E-state index contributed by atoms with van der Waals surface area (Å²) in [7, 11) is 2.23. The largest absolute Gasteiger partial charge is 0.364 e. The molecule has 0 aliphatic carbocycles. The fourth-order valence-electron chi connectivity index (χ4n) is 1.99. The Labute approximate surface area is 108 Å². The van der Waals surface area contributed by atoms with E-state index in [2.05, 4.69) is 42.4 Å². The molecule has 0 aromatic carbocycles. The van der Waals surface area contributed by atoms with Crippen LogP contribution in [0.15, 0.2) is 16.9 Å². The van der Waals surface area contributed by atoms with Gasteiger partial charge in [0.05, 0.1) is 0 Å². The molecule has 1 aromatic rings. The van der Waals surface area contributed by atoms with E-state index in [1.807, 2.05) is 0 Å². The summed E-state index contributed by atoms with van der Waals surface area (Å²) in [5, 5.41) is 3.27. The maximum absolute atomic E-state index is 10.2. The first-order valence-corrected chi connectivity index (χ1v) is 6.27. The van der Waals surface area contributed by atoms with Crippen LogP contribution in [0.2, 0.25) is 0 Å². The number of amides is 1. The predicted molar refractivity (Wildman–Crippen MR) is 70.1 cm³/mol. The van der Waals surface area contributed by atoms with Gasteiger partial charge in [0.2, 0.25) is 0 Å². The quantitative estimate of drug-likeness (QED) is 0.829. The molecule has 5 nitrogen and oxygen atoms in total. The minimum atomic E-state index is -0.571. The molecule has 1 fully saturated rings. The lowest BCUT2D eigenvalue weighted by atomic mass is 9.81. The van der Waals surface area contributed by atoms with Gasteiger partial charge >= 0.3 is 0 Å². The molecule has 1 saturated heterocycles. The van der Waals surface area contributed by atoms with Crippen molar-refractivity contribution in [3.8, 4) is 0 Å². The predicted octanol–water partition coefficient (Wildman–Crippen LogP) is 1.90. The Morgan fingerprint density at radius 1 is 1.61 bits per heavy atom. The Bertz CT molecular complexity index is 362. The molecular formula is C13H23N3O2. The summed E-state index contributed by atoms with van der Waals surface area (Å²) in [5.41, 5.74) is 5.38. The van der Waals surface area contributed by atoms with Gasteiger partial charge in [0.15, 0.2) is 5.69 Å². The van der Waals surface area contributed by atoms with Crippen LogP contribution in [0.4, 0.5) is 0 Å². The topological polar surface area (TPSA) is 72.4 Å². The summed E-state index contributed by atoms with van der Waals surface area (Å²) in [6.07, 6.45) is 4.07. The molecule has 2 rings (SSSR count). The highest BCUT2D eigenvalue weighted by Crippen LogP contribution is 2.30. The first-order chi connectivity index (χ1) is 8.35. The minimum Gasteiger partial charge on any atom is -0.364 e. The highest BCUT2D eigenvalue weighted by molar-refractivity contribution is 5.90. The van der Waals surface area contributed by atoms with Gasteiger partial charge in [-0.05, 0) is 46.2 Å². The molecule has 1 amide bonds. The van der Waals surface area contributed by atoms with Crippen LogP contribution < -0.4 is 5.73 Å². The number of likely N-dealkylation sites (tertiary alicyclic amines) is 1. The number of hydrogen-bond acceptors (Lipinski definition) is 4. The van der Waals surface area contributed by atoms with Crippen LogP contribution in [0.25, 0.3) is 0 Å². The second kappa shape index (κ2) is 6.00. The maximum Gasteiger partial charge on any atom is 0.270 e. The molecular weight excluding hydrogens is 230 g/mol. The number of nitrogens with zero attached hydrogens (tertiary/aromatic N) is 2. The molecule has 1 aliphatic heterocycles. The number of carbonyl (C=O) groups excluding carboxylic acids is 1. The monoisotopic (exact) mass is 253 g/mol. The van der Waals surface area contributed by atoms with E-state index >= 15 is 0 Å². The first-order valence-electron chi connectivity index (χ1n) is 6.27. The van der Waals surface area contributed by atoms with Crippen molar-refractivity contribution in [1.82, 2.24) is 10.1 Å². The van der Waals surface area contributed by atoms with E-state index in [0.29, 0.717) is 5.54 Å². The van der Waals surface area contributed by atoms with Crippen LogP contribution in [-0.4, -0.2) is 35.1 Å².